The molecule has 4 aromatic rings. The Labute approximate surface area is 183 Å². The zero-order valence-electron chi connectivity index (χ0n) is 17.8. The minimum atomic E-state index is -0.729. The highest BCUT2D eigenvalue weighted by Gasteiger charge is 2.44. The summed E-state index contributed by atoms with van der Waals surface area (Å²) in [5.41, 5.74) is 2.03. The predicted molar refractivity (Wildman–Crippen MR) is 120 cm³/mol. The minimum absolute atomic E-state index is 0.0248. The molecule has 0 aliphatic carbocycles. The molecule has 5 rings (SSSR count). The van der Waals surface area contributed by atoms with E-state index in [4.69, 9.17) is 13.9 Å². The zero-order valence-corrected chi connectivity index (χ0v) is 17.8. The van der Waals surface area contributed by atoms with Gasteiger partial charge in [0.2, 0.25) is 5.76 Å². The van der Waals surface area contributed by atoms with E-state index in [1.807, 2.05) is 25.1 Å². The summed E-state index contributed by atoms with van der Waals surface area (Å²) in [5.74, 6) is 1.09. The van der Waals surface area contributed by atoms with Crippen molar-refractivity contribution in [3.63, 3.8) is 0 Å². The number of para-hydroxylation sites is 1. The summed E-state index contributed by atoms with van der Waals surface area (Å²) in [6.07, 6.45) is 1.64. The van der Waals surface area contributed by atoms with Crippen molar-refractivity contribution in [2.75, 3.05) is 19.1 Å². The molecule has 0 saturated heterocycles. The van der Waals surface area contributed by atoms with Gasteiger partial charge in [-0.1, -0.05) is 18.2 Å². The monoisotopic (exact) mass is 428 g/mol. The van der Waals surface area contributed by atoms with E-state index in [1.165, 1.54) is 12.0 Å². The van der Waals surface area contributed by atoms with E-state index in [-0.39, 0.29) is 16.8 Å². The Morgan fingerprint density at radius 2 is 1.75 bits per heavy atom. The lowest BCUT2D eigenvalue weighted by molar-refractivity contribution is 0.0970. The summed E-state index contributed by atoms with van der Waals surface area (Å²) in [6, 6.07) is 15.2. The molecule has 1 aliphatic rings. The molecule has 2 aromatic heterocycles. The van der Waals surface area contributed by atoms with Gasteiger partial charge in [0.15, 0.2) is 16.9 Å². The molecule has 2 aromatic carbocycles. The maximum atomic E-state index is 13.6. The van der Waals surface area contributed by atoms with Crippen molar-refractivity contribution < 1.29 is 18.7 Å². The van der Waals surface area contributed by atoms with Crippen LogP contribution in [-0.4, -0.2) is 25.1 Å². The van der Waals surface area contributed by atoms with Gasteiger partial charge in [-0.15, -0.1) is 0 Å². The van der Waals surface area contributed by atoms with Gasteiger partial charge in [-0.25, -0.2) is 4.98 Å². The predicted octanol–water partition coefficient (Wildman–Crippen LogP) is 4.26. The smallest absolute Gasteiger partial charge is 0.296 e. The molecule has 0 spiro atoms. The second kappa shape index (κ2) is 7.53. The van der Waals surface area contributed by atoms with Gasteiger partial charge < -0.3 is 13.9 Å². The third-order valence-corrected chi connectivity index (χ3v) is 5.65. The summed E-state index contributed by atoms with van der Waals surface area (Å²) < 4.78 is 16.8. The first-order chi connectivity index (χ1) is 15.5. The maximum Gasteiger partial charge on any atom is 0.296 e. The number of aromatic nitrogens is 1. The Bertz CT molecular complexity index is 1430. The number of methoxy groups -OCH3 is 2. The highest BCUT2D eigenvalue weighted by Crippen LogP contribution is 2.42. The van der Waals surface area contributed by atoms with Crippen LogP contribution in [0.5, 0.6) is 11.5 Å². The number of ether oxygens (including phenoxy) is 2. The van der Waals surface area contributed by atoms with E-state index in [9.17, 15) is 9.59 Å². The van der Waals surface area contributed by atoms with Crippen LogP contribution in [0.2, 0.25) is 0 Å². The molecule has 1 atom stereocenters. The molecule has 0 unspecified atom stereocenters. The Hall–Kier alpha value is -4.13. The van der Waals surface area contributed by atoms with Gasteiger partial charge in [0.1, 0.15) is 11.4 Å². The number of hydrogen-bond acceptors (Lipinski definition) is 6. The highest BCUT2D eigenvalue weighted by atomic mass is 16.5. The number of anilines is 1. The van der Waals surface area contributed by atoms with E-state index >= 15 is 0 Å². The van der Waals surface area contributed by atoms with Crippen LogP contribution in [0.1, 0.15) is 33.3 Å². The molecule has 0 saturated carbocycles. The van der Waals surface area contributed by atoms with Crippen molar-refractivity contribution in [2.45, 2.75) is 13.0 Å². The highest BCUT2D eigenvalue weighted by molar-refractivity contribution is 6.10. The lowest BCUT2D eigenvalue weighted by Crippen LogP contribution is -2.30. The van der Waals surface area contributed by atoms with E-state index in [2.05, 4.69) is 4.98 Å². The van der Waals surface area contributed by atoms with Gasteiger partial charge in [0.25, 0.3) is 5.91 Å². The van der Waals surface area contributed by atoms with Crippen molar-refractivity contribution in [2.24, 2.45) is 0 Å². The van der Waals surface area contributed by atoms with Crippen LogP contribution >= 0.6 is 0 Å². The van der Waals surface area contributed by atoms with Crippen molar-refractivity contribution in [3.05, 3.63) is 93.5 Å². The van der Waals surface area contributed by atoms with Gasteiger partial charge in [-0.05, 0) is 54.4 Å². The summed E-state index contributed by atoms with van der Waals surface area (Å²) in [6.45, 7) is 1.92. The van der Waals surface area contributed by atoms with Crippen molar-refractivity contribution in [1.82, 2.24) is 4.98 Å². The molecule has 0 N–H and O–H groups in total. The van der Waals surface area contributed by atoms with Gasteiger partial charge in [0, 0.05) is 6.20 Å². The van der Waals surface area contributed by atoms with Crippen LogP contribution in [-0.2, 0) is 0 Å². The molecular formula is C25H20N2O5. The maximum absolute atomic E-state index is 13.6. The summed E-state index contributed by atoms with van der Waals surface area (Å²) in [4.78, 5) is 33.0. The average molecular weight is 428 g/mol. The third kappa shape index (κ3) is 2.93. The molecule has 0 radical (unpaired) electrons. The number of rotatable bonds is 4. The topological polar surface area (TPSA) is 81.9 Å². The standard InChI is InChI=1S/C25H20N2O5/c1-14-10-11-26-20(12-14)27-22(15-8-9-18(30-2)19(13-15)31-3)21-23(28)16-6-4-5-7-17(16)32-24(21)25(27)29/h4-13,22H,1-3H3/t22-/m0/s1. The Balaban J connectivity index is 1.81. The number of amides is 1. The molecule has 3 heterocycles. The fraction of sp³-hybridized carbons (Fsp3) is 0.160. The quantitative estimate of drug-likeness (QED) is 0.483. The van der Waals surface area contributed by atoms with Gasteiger partial charge >= 0.3 is 0 Å². The zero-order chi connectivity index (χ0) is 22.4. The molecule has 1 amide bonds. The van der Waals surface area contributed by atoms with E-state index < -0.39 is 11.9 Å². The number of fused-ring (bicyclic) bond motifs is 2. The number of benzene rings is 2. The summed E-state index contributed by atoms with van der Waals surface area (Å²) in [5, 5.41) is 0.420. The average Bonchev–Trinajstić information content (AvgIpc) is 3.11. The SMILES string of the molecule is COc1ccc([C@H]2c3c(oc4ccccc4c3=O)C(=O)N2c2cc(C)ccn2)cc1OC. The number of hydrogen-bond donors (Lipinski definition) is 0. The molecule has 1 aliphatic heterocycles. The molecule has 7 nitrogen and oxygen atoms in total. The molecule has 0 bridgehead atoms. The number of nitrogens with zero attached hydrogens (tertiary/aromatic N) is 2. The van der Waals surface area contributed by atoms with Crippen molar-refractivity contribution >= 4 is 22.7 Å². The molecule has 32 heavy (non-hydrogen) atoms. The van der Waals surface area contributed by atoms with Crippen LogP contribution in [0.15, 0.2) is 70.0 Å². The summed E-state index contributed by atoms with van der Waals surface area (Å²) in [7, 11) is 3.09. The molecule has 7 heteroatoms. The Morgan fingerprint density at radius 1 is 0.969 bits per heavy atom. The van der Waals surface area contributed by atoms with Crippen LogP contribution in [0, 0.1) is 6.92 Å². The van der Waals surface area contributed by atoms with E-state index in [1.54, 1.807) is 49.7 Å². The van der Waals surface area contributed by atoms with Crippen LogP contribution in [0.4, 0.5) is 5.82 Å². The second-order valence-electron chi connectivity index (χ2n) is 7.55. The lowest BCUT2D eigenvalue weighted by atomic mass is 9.98. The number of carbonyl (C=O) groups excluding carboxylic acids is 1. The first-order valence-electron chi connectivity index (χ1n) is 10.1. The number of pyridine rings is 1. The van der Waals surface area contributed by atoms with Crippen LogP contribution in [0.3, 0.4) is 0 Å². The fourth-order valence-corrected chi connectivity index (χ4v) is 4.15. The van der Waals surface area contributed by atoms with Crippen LogP contribution < -0.4 is 19.8 Å². The first-order valence-corrected chi connectivity index (χ1v) is 10.1. The fourth-order valence-electron chi connectivity index (χ4n) is 4.15. The van der Waals surface area contributed by atoms with Crippen molar-refractivity contribution in [3.8, 4) is 11.5 Å². The van der Waals surface area contributed by atoms with Gasteiger partial charge in [-0.2, -0.15) is 0 Å². The molecular weight excluding hydrogens is 408 g/mol. The largest absolute Gasteiger partial charge is 0.493 e. The minimum Gasteiger partial charge on any atom is -0.493 e. The van der Waals surface area contributed by atoms with E-state index in [0.717, 1.165) is 5.56 Å². The second-order valence-corrected chi connectivity index (χ2v) is 7.55. The summed E-state index contributed by atoms with van der Waals surface area (Å²) >= 11 is 0. The van der Waals surface area contributed by atoms with Gasteiger partial charge in [0.05, 0.1) is 31.2 Å². The van der Waals surface area contributed by atoms with Crippen LogP contribution in [0.25, 0.3) is 11.0 Å². The lowest BCUT2D eigenvalue weighted by Gasteiger charge is -2.25. The molecule has 0 fully saturated rings. The molecule has 160 valence electrons. The Kier molecular flexibility index (Phi) is 4.66. The Morgan fingerprint density at radius 3 is 2.50 bits per heavy atom. The van der Waals surface area contributed by atoms with Crippen molar-refractivity contribution in [1.29, 1.82) is 0 Å². The first kappa shape index (κ1) is 19.8. The normalized spacial score (nSPS) is 15.2. The third-order valence-electron chi connectivity index (χ3n) is 5.65. The number of carbonyl (C=O) groups is 1. The van der Waals surface area contributed by atoms with Gasteiger partial charge in [-0.3, -0.25) is 14.5 Å². The number of aryl methyl sites for hydroxylation is 1. The van der Waals surface area contributed by atoms with E-state index in [0.29, 0.717) is 33.8 Å².